The average molecular weight is 367 g/mol. The highest BCUT2D eigenvalue weighted by Gasteiger charge is 2.27. The number of nitrogens with one attached hydrogen (secondary N) is 1. The minimum Gasteiger partial charge on any atom is -0.360 e. The van der Waals surface area contributed by atoms with Crippen LogP contribution < -0.4 is 5.43 Å². The number of rotatable bonds is 3. The monoisotopic (exact) mass is 367 g/mol. The number of aromatic nitrogens is 1. The SMILES string of the molecule is CC(c1ccsc1)N1CCN(C(=O)c2c[nH]c3ccccc3c2=O)CC1. The number of hydrogen-bond acceptors (Lipinski definition) is 4. The van der Waals surface area contributed by atoms with Crippen molar-refractivity contribution in [2.24, 2.45) is 0 Å². The highest BCUT2D eigenvalue weighted by Crippen LogP contribution is 2.23. The lowest BCUT2D eigenvalue weighted by atomic mass is 10.1. The van der Waals surface area contributed by atoms with Gasteiger partial charge in [0.05, 0.1) is 0 Å². The Bertz CT molecular complexity index is 972. The molecule has 1 aromatic carbocycles. The molecule has 1 N–H and O–H groups in total. The summed E-state index contributed by atoms with van der Waals surface area (Å²) >= 11 is 1.71. The van der Waals surface area contributed by atoms with Crippen LogP contribution in [-0.4, -0.2) is 46.9 Å². The van der Waals surface area contributed by atoms with Crippen molar-refractivity contribution in [1.29, 1.82) is 0 Å². The zero-order valence-corrected chi connectivity index (χ0v) is 15.5. The van der Waals surface area contributed by atoms with Crippen molar-refractivity contribution >= 4 is 28.1 Å². The van der Waals surface area contributed by atoms with E-state index in [1.807, 2.05) is 18.2 Å². The Hall–Kier alpha value is -2.44. The zero-order chi connectivity index (χ0) is 18.1. The number of hydrogen-bond donors (Lipinski definition) is 1. The first-order chi connectivity index (χ1) is 12.6. The summed E-state index contributed by atoms with van der Waals surface area (Å²) in [6, 6.07) is 9.79. The summed E-state index contributed by atoms with van der Waals surface area (Å²) in [4.78, 5) is 32.8. The Balaban J connectivity index is 1.49. The molecule has 1 saturated heterocycles. The van der Waals surface area contributed by atoms with Gasteiger partial charge in [0, 0.05) is 49.3 Å². The molecule has 0 bridgehead atoms. The van der Waals surface area contributed by atoms with E-state index in [-0.39, 0.29) is 16.9 Å². The topological polar surface area (TPSA) is 56.4 Å². The fourth-order valence-corrected chi connectivity index (χ4v) is 4.28. The smallest absolute Gasteiger partial charge is 0.259 e. The van der Waals surface area contributed by atoms with E-state index in [0.29, 0.717) is 24.5 Å². The number of carbonyl (C=O) groups is 1. The third kappa shape index (κ3) is 3.06. The van der Waals surface area contributed by atoms with E-state index in [2.05, 4.69) is 33.6 Å². The van der Waals surface area contributed by atoms with E-state index in [1.54, 1.807) is 28.5 Å². The second-order valence-corrected chi connectivity index (χ2v) is 7.42. The molecule has 1 atom stereocenters. The molecular formula is C20H21N3O2S. The largest absolute Gasteiger partial charge is 0.360 e. The molecule has 1 unspecified atom stereocenters. The highest BCUT2D eigenvalue weighted by atomic mass is 32.1. The molecule has 26 heavy (non-hydrogen) atoms. The van der Waals surface area contributed by atoms with E-state index in [1.165, 1.54) is 5.56 Å². The van der Waals surface area contributed by atoms with Gasteiger partial charge in [-0.1, -0.05) is 12.1 Å². The van der Waals surface area contributed by atoms with Crippen molar-refractivity contribution in [3.05, 3.63) is 68.6 Å². The average Bonchev–Trinajstić information content (AvgIpc) is 3.22. The molecule has 6 heteroatoms. The number of pyridine rings is 1. The number of para-hydroxylation sites is 1. The van der Waals surface area contributed by atoms with Gasteiger partial charge in [-0.15, -0.1) is 0 Å². The van der Waals surface area contributed by atoms with Gasteiger partial charge in [0.25, 0.3) is 5.91 Å². The summed E-state index contributed by atoms with van der Waals surface area (Å²) in [5.74, 6) is -0.181. The molecule has 1 amide bonds. The first-order valence-electron chi connectivity index (χ1n) is 8.81. The van der Waals surface area contributed by atoms with Gasteiger partial charge < -0.3 is 9.88 Å². The number of H-pyrrole nitrogens is 1. The van der Waals surface area contributed by atoms with Crippen LogP contribution in [0.15, 0.2) is 52.1 Å². The number of carbonyl (C=O) groups excluding carboxylic acids is 1. The third-order valence-corrected chi connectivity index (χ3v) is 5.89. The van der Waals surface area contributed by atoms with Gasteiger partial charge >= 0.3 is 0 Å². The van der Waals surface area contributed by atoms with Gasteiger partial charge in [-0.3, -0.25) is 14.5 Å². The second-order valence-electron chi connectivity index (χ2n) is 6.64. The van der Waals surface area contributed by atoms with Crippen LogP contribution in [0.25, 0.3) is 10.9 Å². The van der Waals surface area contributed by atoms with Gasteiger partial charge in [-0.25, -0.2) is 0 Å². The number of nitrogens with zero attached hydrogens (tertiary/aromatic N) is 2. The maximum Gasteiger partial charge on any atom is 0.259 e. The number of thiophene rings is 1. The number of aromatic amines is 1. The highest BCUT2D eigenvalue weighted by molar-refractivity contribution is 7.07. The zero-order valence-electron chi connectivity index (χ0n) is 14.6. The first kappa shape index (κ1) is 17.0. The maximum atomic E-state index is 12.9. The van der Waals surface area contributed by atoms with Gasteiger partial charge in [0.1, 0.15) is 5.56 Å². The molecule has 1 fully saturated rings. The number of fused-ring (bicyclic) bond motifs is 1. The molecular weight excluding hydrogens is 346 g/mol. The van der Waals surface area contributed by atoms with Crippen LogP contribution >= 0.6 is 11.3 Å². The predicted octanol–water partition coefficient (Wildman–Crippen LogP) is 3.11. The standard InChI is InChI=1S/C20H21N3O2S/c1-14(15-6-11-26-13-15)22-7-9-23(10-8-22)20(25)17-12-21-18-5-3-2-4-16(18)19(17)24/h2-6,11-14H,7-10H2,1H3,(H,21,24). The molecule has 134 valence electrons. The Morgan fingerprint density at radius 1 is 1.15 bits per heavy atom. The molecule has 3 heterocycles. The van der Waals surface area contributed by atoms with Crippen molar-refractivity contribution in [1.82, 2.24) is 14.8 Å². The molecule has 5 nitrogen and oxygen atoms in total. The van der Waals surface area contributed by atoms with Gasteiger partial charge in [0.15, 0.2) is 0 Å². The van der Waals surface area contributed by atoms with Gasteiger partial charge in [-0.2, -0.15) is 11.3 Å². The maximum absolute atomic E-state index is 12.9. The predicted molar refractivity (Wildman–Crippen MR) is 105 cm³/mol. The van der Waals surface area contributed by atoms with Gasteiger partial charge in [-0.05, 0) is 41.4 Å². The van der Waals surface area contributed by atoms with E-state index in [9.17, 15) is 9.59 Å². The Morgan fingerprint density at radius 2 is 1.92 bits per heavy atom. The van der Waals surface area contributed by atoms with Crippen molar-refractivity contribution in [2.75, 3.05) is 26.2 Å². The van der Waals surface area contributed by atoms with E-state index >= 15 is 0 Å². The molecule has 1 aliphatic heterocycles. The van der Waals surface area contributed by atoms with Crippen LogP contribution in [-0.2, 0) is 0 Å². The molecule has 4 rings (SSSR count). The number of benzene rings is 1. The minimum atomic E-state index is -0.196. The second kappa shape index (κ2) is 7.05. The van der Waals surface area contributed by atoms with Crippen LogP contribution in [0.3, 0.4) is 0 Å². The molecule has 3 aromatic rings. The third-order valence-electron chi connectivity index (χ3n) is 5.19. The summed E-state index contributed by atoms with van der Waals surface area (Å²) in [7, 11) is 0. The van der Waals surface area contributed by atoms with Crippen LogP contribution in [0.2, 0.25) is 0 Å². The fraction of sp³-hybridized carbons (Fsp3) is 0.300. The molecule has 0 saturated carbocycles. The van der Waals surface area contributed by atoms with Crippen LogP contribution in [0.5, 0.6) is 0 Å². The lowest BCUT2D eigenvalue weighted by molar-refractivity contribution is 0.0581. The lowest BCUT2D eigenvalue weighted by Gasteiger charge is -2.37. The van der Waals surface area contributed by atoms with E-state index < -0.39 is 0 Å². The molecule has 1 aliphatic rings. The lowest BCUT2D eigenvalue weighted by Crippen LogP contribution is -2.50. The van der Waals surface area contributed by atoms with E-state index in [4.69, 9.17) is 0 Å². The molecule has 0 aliphatic carbocycles. The van der Waals surface area contributed by atoms with Gasteiger partial charge in [0.2, 0.25) is 5.43 Å². The van der Waals surface area contributed by atoms with Crippen molar-refractivity contribution in [3.8, 4) is 0 Å². The Kier molecular flexibility index (Phi) is 4.61. The summed E-state index contributed by atoms with van der Waals surface area (Å²) < 4.78 is 0. The summed E-state index contributed by atoms with van der Waals surface area (Å²) in [5, 5.41) is 4.83. The molecule has 0 spiro atoms. The Morgan fingerprint density at radius 3 is 2.65 bits per heavy atom. The fourth-order valence-electron chi connectivity index (χ4n) is 3.53. The molecule has 2 aromatic heterocycles. The van der Waals surface area contributed by atoms with Crippen LogP contribution in [0.1, 0.15) is 28.9 Å². The quantitative estimate of drug-likeness (QED) is 0.774. The van der Waals surface area contributed by atoms with Crippen molar-refractivity contribution in [2.45, 2.75) is 13.0 Å². The number of piperazine rings is 1. The van der Waals surface area contributed by atoms with Crippen LogP contribution in [0, 0.1) is 0 Å². The minimum absolute atomic E-state index is 0.181. The summed E-state index contributed by atoms with van der Waals surface area (Å²) in [6.45, 7) is 5.11. The van der Waals surface area contributed by atoms with E-state index in [0.717, 1.165) is 18.6 Å². The molecule has 0 radical (unpaired) electrons. The number of amides is 1. The normalized spacial score (nSPS) is 16.7. The first-order valence-corrected chi connectivity index (χ1v) is 9.75. The van der Waals surface area contributed by atoms with Crippen molar-refractivity contribution in [3.63, 3.8) is 0 Å². The summed E-state index contributed by atoms with van der Waals surface area (Å²) in [6.07, 6.45) is 1.55. The van der Waals surface area contributed by atoms with Crippen molar-refractivity contribution < 1.29 is 4.79 Å². The van der Waals surface area contributed by atoms with Crippen LogP contribution in [0.4, 0.5) is 0 Å². The summed E-state index contributed by atoms with van der Waals surface area (Å²) in [5.41, 5.74) is 2.10. The Labute approximate surface area is 155 Å².